The van der Waals surface area contributed by atoms with Gasteiger partial charge in [0.05, 0.1) is 11.8 Å². The molecule has 2 heterocycles. The van der Waals surface area contributed by atoms with Crippen molar-refractivity contribution in [3.8, 4) is 0 Å². The molecule has 0 radical (unpaired) electrons. The number of amides is 1. The van der Waals surface area contributed by atoms with Crippen molar-refractivity contribution in [2.75, 3.05) is 5.32 Å². The van der Waals surface area contributed by atoms with Crippen molar-refractivity contribution in [3.05, 3.63) is 41.3 Å². The highest BCUT2D eigenvalue weighted by Crippen LogP contribution is 2.12. The minimum atomic E-state index is -0.184. The number of aromatic amines is 1. The number of anilines is 1. The lowest BCUT2D eigenvalue weighted by atomic mass is 10.2. The predicted molar refractivity (Wildman–Crippen MR) is 64.9 cm³/mol. The monoisotopic (exact) mass is 230 g/mol. The van der Waals surface area contributed by atoms with E-state index in [-0.39, 0.29) is 5.91 Å². The Morgan fingerprint density at radius 3 is 2.88 bits per heavy atom. The number of carbonyl (C=O) groups excluding carboxylic acids is 1. The lowest BCUT2D eigenvalue weighted by molar-refractivity contribution is 0.102. The average Bonchev–Trinajstić information content (AvgIpc) is 2.77. The van der Waals surface area contributed by atoms with Crippen LogP contribution in [0.15, 0.2) is 24.5 Å². The number of aromatic nitrogens is 3. The SMILES string of the molecule is CCc1cn[nH]c1NC(=O)c1ccc(C)nc1. The van der Waals surface area contributed by atoms with Gasteiger partial charge in [-0.3, -0.25) is 14.9 Å². The van der Waals surface area contributed by atoms with Gasteiger partial charge < -0.3 is 5.32 Å². The Morgan fingerprint density at radius 1 is 1.41 bits per heavy atom. The molecule has 5 nitrogen and oxygen atoms in total. The number of nitrogens with one attached hydrogen (secondary N) is 2. The van der Waals surface area contributed by atoms with Crippen molar-refractivity contribution in [3.63, 3.8) is 0 Å². The predicted octanol–water partition coefficient (Wildman–Crippen LogP) is 1.93. The highest BCUT2D eigenvalue weighted by Gasteiger charge is 2.09. The molecule has 0 spiro atoms. The van der Waals surface area contributed by atoms with Crippen molar-refractivity contribution < 1.29 is 4.79 Å². The number of hydrogen-bond acceptors (Lipinski definition) is 3. The van der Waals surface area contributed by atoms with Crippen LogP contribution in [-0.4, -0.2) is 21.1 Å². The van der Waals surface area contributed by atoms with Gasteiger partial charge in [-0.05, 0) is 25.5 Å². The molecule has 0 saturated heterocycles. The molecule has 0 aliphatic rings. The van der Waals surface area contributed by atoms with E-state index < -0.39 is 0 Å². The standard InChI is InChI=1S/C12H14N4O/c1-3-9-7-14-16-11(9)15-12(17)10-5-4-8(2)13-6-10/h4-7H,3H2,1-2H3,(H2,14,15,16,17). The summed E-state index contributed by atoms with van der Waals surface area (Å²) in [5.74, 6) is 0.467. The summed E-state index contributed by atoms with van der Waals surface area (Å²) in [5, 5.41) is 9.45. The lowest BCUT2D eigenvalue weighted by Crippen LogP contribution is -2.13. The molecule has 0 fully saturated rings. The van der Waals surface area contributed by atoms with E-state index >= 15 is 0 Å². The zero-order valence-corrected chi connectivity index (χ0v) is 9.82. The number of rotatable bonds is 3. The Morgan fingerprint density at radius 2 is 2.24 bits per heavy atom. The van der Waals surface area contributed by atoms with Crippen LogP contribution in [0.5, 0.6) is 0 Å². The molecule has 0 saturated carbocycles. The summed E-state index contributed by atoms with van der Waals surface area (Å²) in [7, 11) is 0. The van der Waals surface area contributed by atoms with E-state index in [1.54, 1.807) is 18.5 Å². The highest BCUT2D eigenvalue weighted by molar-refractivity contribution is 6.03. The number of aryl methyl sites for hydroxylation is 2. The van der Waals surface area contributed by atoms with Gasteiger partial charge in [-0.25, -0.2) is 0 Å². The zero-order valence-electron chi connectivity index (χ0n) is 9.82. The molecule has 0 atom stereocenters. The summed E-state index contributed by atoms with van der Waals surface area (Å²) in [6.45, 7) is 3.89. The van der Waals surface area contributed by atoms with Gasteiger partial charge in [-0.15, -0.1) is 0 Å². The Labute approximate surface area is 99.3 Å². The van der Waals surface area contributed by atoms with Gasteiger partial charge in [0, 0.05) is 17.5 Å². The van der Waals surface area contributed by atoms with Crippen LogP contribution in [0.2, 0.25) is 0 Å². The van der Waals surface area contributed by atoms with Gasteiger partial charge in [0.2, 0.25) is 0 Å². The summed E-state index contributed by atoms with van der Waals surface area (Å²) in [5.41, 5.74) is 2.41. The maximum Gasteiger partial charge on any atom is 0.258 e. The molecule has 0 bridgehead atoms. The number of nitrogens with zero attached hydrogens (tertiary/aromatic N) is 2. The highest BCUT2D eigenvalue weighted by atomic mass is 16.1. The summed E-state index contributed by atoms with van der Waals surface area (Å²) in [4.78, 5) is 16.0. The molecule has 1 amide bonds. The molecule has 5 heteroatoms. The van der Waals surface area contributed by atoms with Crippen LogP contribution in [0.3, 0.4) is 0 Å². The summed E-state index contributed by atoms with van der Waals surface area (Å²) in [6, 6.07) is 3.56. The Kier molecular flexibility index (Phi) is 3.18. The van der Waals surface area contributed by atoms with E-state index in [1.165, 1.54) is 0 Å². The van der Waals surface area contributed by atoms with E-state index in [1.807, 2.05) is 19.9 Å². The fourth-order valence-corrected chi connectivity index (χ4v) is 1.48. The molecular weight excluding hydrogens is 216 g/mol. The maximum absolute atomic E-state index is 11.9. The molecule has 17 heavy (non-hydrogen) atoms. The average molecular weight is 230 g/mol. The van der Waals surface area contributed by atoms with E-state index in [0.717, 1.165) is 17.7 Å². The first kappa shape index (κ1) is 11.3. The molecule has 2 aromatic rings. The fourth-order valence-electron chi connectivity index (χ4n) is 1.48. The third-order valence-electron chi connectivity index (χ3n) is 2.51. The molecule has 0 aliphatic heterocycles. The van der Waals surface area contributed by atoms with E-state index in [0.29, 0.717) is 11.4 Å². The molecule has 88 valence electrons. The quantitative estimate of drug-likeness (QED) is 0.846. The van der Waals surface area contributed by atoms with Gasteiger partial charge >= 0.3 is 0 Å². The van der Waals surface area contributed by atoms with Crippen molar-refractivity contribution in [2.24, 2.45) is 0 Å². The van der Waals surface area contributed by atoms with Crippen molar-refractivity contribution in [1.29, 1.82) is 0 Å². The Hall–Kier alpha value is -2.17. The largest absolute Gasteiger partial charge is 0.307 e. The second-order valence-corrected chi connectivity index (χ2v) is 3.77. The Balaban J connectivity index is 2.14. The van der Waals surface area contributed by atoms with Crippen molar-refractivity contribution >= 4 is 11.7 Å². The topological polar surface area (TPSA) is 70.7 Å². The van der Waals surface area contributed by atoms with Crippen LogP contribution >= 0.6 is 0 Å². The van der Waals surface area contributed by atoms with Gasteiger partial charge in [-0.2, -0.15) is 5.10 Å². The second kappa shape index (κ2) is 4.78. The minimum Gasteiger partial charge on any atom is -0.307 e. The van der Waals surface area contributed by atoms with Crippen LogP contribution in [0.1, 0.15) is 28.5 Å². The molecule has 2 aromatic heterocycles. The number of hydrogen-bond donors (Lipinski definition) is 2. The van der Waals surface area contributed by atoms with E-state index in [2.05, 4.69) is 20.5 Å². The molecule has 2 N–H and O–H groups in total. The number of H-pyrrole nitrogens is 1. The van der Waals surface area contributed by atoms with Crippen LogP contribution < -0.4 is 5.32 Å². The smallest absolute Gasteiger partial charge is 0.258 e. The zero-order chi connectivity index (χ0) is 12.3. The van der Waals surface area contributed by atoms with Crippen LogP contribution in [0.25, 0.3) is 0 Å². The molecule has 0 aliphatic carbocycles. The first-order valence-corrected chi connectivity index (χ1v) is 5.47. The third kappa shape index (κ3) is 2.50. The second-order valence-electron chi connectivity index (χ2n) is 3.77. The maximum atomic E-state index is 11.9. The summed E-state index contributed by atoms with van der Waals surface area (Å²) < 4.78 is 0. The minimum absolute atomic E-state index is 0.184. The first-order chi connectivity index (χ1) is 8.20. The van der Waals surface area contributed by atoms with E-state index in [4.69, 9.17) is 0 Å². The number of carbonyl (C=O) groups is 1. The summed E-state index contributed by atoms with van der Waals surface area (Å²) in [6.07, 6.45) is 4.09. The molecule has 0 unspecified atom stereocenters. The van der Waals surface area contributed by atoms with Crippen molar-refractivity contribution in [1.82, 2.24) is 15.2 Å². The normalized spacial score (nSPS) is 10.2. The van der Waals surface area contributed by atoms with Crippen LogP contribution in [0, 0.1) is 6.92 Å². The summed E-state index contributed by atoms with van der Waals surface area (Å²) >= 11 is 0. The molecular formula is C12H14N4O. The number of pyridine rings is 1. The lowest BCUT2D eigenvalue weighted by Gasteiger charge is -2.04. The Bertz CT molecular complexity index is 516. The first-order valence-electron chi connectivity index (χ1n) is 5.47. The third-order valence-corrected chi connectivity index (χ3v) is 2.51. The van der Waals surface area contributed by atoms with Crippen LogP contribution in [0.4, 0.5) is 5.82 Å². The van der Waals surface area contributed by atoms with Gasteiger partial charge in [0.1, 0.15) is 5.82 Å². The van der Waals surface area contributed by atoms with Gasteiger partial charge in [0.25, 0.3) is 5.91 Å². The van der Waals surface area contributed by atoms with E-state index in [9.17, 15) is 4.79 Å². The molecule has 0 aromatic carbocycles. The van der Waals surface area contributed by atoms with Crippen molar-refractivity contribution in [2.45, 2.75) is 20.3 Å². The van der Waals surface area contributed by atoms with Crippen LogP contribution in [-0.2, 0) is 6.42 Å². The molecule has 2 rings (SSSR count). The fraction of sp³-hybridized carbons (Fsp3) is 0.250. The van der Waals surface area contributed by atoms with Gasteiger partial charge in [-0.1, -0.05) is 6.92 Å². The van der Waals surface area contributed by atoms with Gasteiger partial charge in [0.15, 0.2) is 0 Å².